The van der Waals surface area contributed by atoms with Crippen molar-refractivity contribution in [3.05, 3.63) is 23.3 Å². The molecule has 1 saturated carbocycles. The number of ether oxygens (including phenoxy) is 1. The number of fused-ring (bicyclic) bond motifs is 5. The molecule has 4 atom stereocenters. The van der Waals surface area contributed by atoms with E-state index in [-0.39, 0.29) is 5.97 Å². The van der Waals surface area contributed by atoms with E-state index in [9.17, 15) is 15.0 Å². The lowest BCUT2D eigenvalue weighted by Crippen LogP contribution is -2.59. The summed E-state index contributed by atoms with van der Waals surface area (Å²) < 4.78 is 5.85. The molecule has 3 rings (SSSR count). The third-order valence-electron chi connectivity index (χ3n) is 6.51. The third-order valence-corrected chi connectivity index (χ3v) is 6.51. The zero-order valence-corrected chi connectivity index (χ0v) is 15.3. The predicted molar refractivity (Wildman–Crippen MR) is 92.3 cm³/mol. The Morgan fingerprint density at radius 1 is 1.17 bits per heavy atom. The van der Waals surface area contributed by atoms with Gasteiger partial charge >= 0.3 is 5.97 Å². The first kappa shape index (κ1) is 17.7. The maximum atomic E-state index is 12.6. The van der Waals surface area contributed by atoms with Crippen LogP contribution in [0.15, 0.2) is 23.3 Å². The molecular weight excluding hydrogens is 304 g/mol. The minimum Gasteiger partial charge on any atom is -0.453 e. The van der Waals surface area contributed by atoms with Gasteiger partial charge < -0.3 is 14.9 Å². The van der Waals surface area contributed by atoms with Crippen molar-refractivity contribution in [2.45, 2.75) is 83.0 Å². The standard InChI is InChI=1S/C20H30O4/c1-13(2)15-8-7-14-6-5-9-19(4,24-17(14)21)20(23)11-10-18(3,22)16(20)12-15/h6,12-13,16,22-23H,5,7-11H2,1-4H3/t16-,18+,19+,20+/m0/s1. The van der Waals surface area contributed by atoms with Gasteiger partial charge in [0, 0.05) is 11.5 Å². The number of hydrogen-bond donors (Lipinski definition) is 2. The third kappa shape index (κ3) is 2.64. The topological polar surface area (TPSA) is 66.8 Å². The maximum absolute atomic E-state index is 12.6. The summed E-state index contributed by atoms with van der Waals surface area (Å²) >= 11 is 0. The van der Waals surface area contributed by atoms with Gasteiger partial charge in [-0.1, -0.05) is 31.6 Å². The average Bonchev–Trinajstić information content (AvgIpc) is 2.62. The van der Waals surface area contributed by atoms with Gasteiger partial charge in [-0.25, -0.2) is 4.79 Å². The van der Waals surface area contributed by atoms with Crippen LogP contribution < -0.4 is 0 Å². The minimum absolute atomic E-state index is 0.307. The van der Waals surface area contributed by atoms with Gasteiger partial charge in [-0.05, 0) is 58.3 Å². The van der Waals surface area contributed by atoms with E-state index >= 15 is 0 Å². The van der Waals surface area contributed by atoms with Crippen molar-refractivity contribution in [3.63, 3.8) is 0 Å². The molecule has 1 fully saturated rings. The molecule has 4 heteroatoms. The highest BCUT2D eigenvalue weighted by Crippen LogP contribution is 2.53. The normalized spacial score (nSPS) is 43.0. The van der Waals surface area contributed by atoms with Crippen LogP contribution in [0.4, 0.5) is 0 Å². The van der Waals surface area contributed by atoms with E-state index < -0.39 is 22.7 Å². The lowest BCUT2D eigenvalue weighted by Gasteiger charge is -2.46. The molecule has 0 aromatic rings. The van der Waals surface area contributed by atoms with Crippen molar-refractivity contribution < 1.29 is 19.7 Å². The van der Waals surface area contributed by atoms with E-state index in [0.29, 0.717) is 38.0 Å². The fraction of sp³-hybridized carbons (Fsp3) is 0.750. The van der Waals surface area contributed by atoms with Crippen LogP contribution in [0, 0.1) is 11.8 Å². The van der Waals surface area contributed by atoms with Crippen LogP contribution in [0.2, 0.25) is 0 Å². The molecule has 2 aliphatic heterocycles. The molecule has 2 heterocycles. The van der Waals surface area contributed by atoms with Crippen LogP contribution >= 0.6 is 0 Å². The molecule has 24 heavy (non-hydrogen) atoms. The SMILES string of the molecule is CC(C)C1=C[C@@H]2[C@](O)(CC[C@@]2(C)O)[C@@]2(C)CCC=C(CC1)C(=O)O2. The minimum atomic E-state index is -1.24. The number of aliphatic hydroxyl groups is 2. The van der Waals surface area contributed by atoms with E-state index in [0.717, 1.165) is 12.0 Å². The van der Waals surface area contributed by atoms with E-state index in [1.165, 1.54) is 5.57 Å². The Balaban J connectivity index is 2.17. The van der Waals surface area contributed by atoms with E-state index in [4.69, 9.17) is 4.74 Å². The largest absolute Gasteiger partial charge is 0.453 e. The summed E-state index contributed by atoms with van der Waals surface area (Å²) in [6.45, 7) is 7.88. The van der Waals surface area contributed by atoms with E-state index in [1.807, 2.05) is 13.0 Å². The second kappa shape index (κ2) is 5.70. The molecule has 0 amide bonds. The number of rotatable bonds is 1. The number of carbonyl (C=O) groups excluding carboxylic acids is 1. The second-order valence-electron chi connectivity index (χ2n) is 8.54. The smallest absolute Gasteiger partial charge is 0.334 e. The van der Waals surface area contributed by atoms with Gasteiger partial charge in [0.1, 0.15) is 11.2 Å². The van der Waals surface area contributed by atoms with Crippen LogP contribution in [-0.2, 0) is 9.53 Å². The van der Waals surface area contributed by atoms with Gasteiger partial charge in [0.25, 0.3) is 0 Å². The summed E-state index contributed by atoms with van der Waals surface area (Å²) in [5.74, 6) is -0.423. The van der Waals surface area contributed by atoms with Crippen molar-refractivity contribution in [3.8, 4) is 0 Å². The van der Waals surface area contributed by atoms with Crippen LogP contribution in [0.3, 0.4) is 0 Å². The first-order chi connectivity index (χ1) is 11.1. The van der Waals surface area contributed by atoms with Crippen LogP contribution in [0.5, 0.6) is 0 Å². The van der Waals surface area contributed by atoms with Crippen molar-refractivity contribution in [1.82, 2.24) is 0 Å². The number of carbonyl (C=O) groups is 1. The average molecular weight is 334 g/mol. The number of allylic oxidation sites excluding steroid dienone is 2. The molecule has 134 valence electrons. The predicted octanol–water partition coefficient (Wildman–Crippen LogP) is 3.28. The summed E-state index contributed by atoms with van der Waals surface area (Å²) in [5.41, 5.74) is -1.30. The molecule has 2 N–H and O–H groups in total. The van der Waals surface area contributed by atoms with Gasteiger partial charge in [-0.15, -0.1) is 0 Å². The van der Waals surface area contributed by atoms with Gasteiger partial charge in [0.15, 0.2) is 0 Å². The lowest BCUT2D eigenvalue weighted by molar-refractivity contribution is -0.202. The second-order valence-corrected chi connectivity index (χ2v) is 8.54. The highest BCUT2D eigenvalue weighted by atomic mass is 16.6. The highest BCUT2D eigenvalue weighted by Gasteiger charge is 2.63. The monoisotopic (exact) mass is 334 g/mol. The Morgan fingerprint density at radius 2 is 1.88 bits per heavy atom. The van der Waals surface area contributed by atoms with E-state index in [2.05, 4.69) is 19.9 Å². The maximum Gasteiger partial charge on any atom is 0.334 e. The van der Waals surface area contributed by atoms with Gasteiger partial charge in [-0.3, -0.25) is 0 Å². The molecular formula is C20H30O4. The fourth-order valence-corrected chi connectivity index (χ4v) is 4.67. The van der Waals surface area contributed by atoms with Gasteiger partial charge in [-0.2, -0.15) is 0 Å². The first-order valence-corrected chi connectivity index (χ1v) is 9.17. The van der Waals surface area contributed by atoms with Crippen LogP contribution in [-0.4, -0.2) is 33.0 Å². The number of esters is 1. The number of hydrogen-bond acceptors (Lipinski definition) is 4. The molecule has 0 saturated heterocycles. The molecule has 0 aromatic carbocycles. The first-order valence-electron chi connectivity index (χ1n) is 9.17. The Kier molecular flexibility index (Phi) is 4.20. The summed E-state index contributed by atoms with van der Waals surface area (Å²) in [6.07, 6.45) is 7.71. The Bertz CT molecular complexity index is 601. The Hall–Kier alpha value is -1.13. The van der Waals surface area contributed by atoms with Crippen molar-refractivity contribution in [2.75, 3.05) is 0 Å². The molecule has 2 bridgehead atoms. The molecule has 0 unspecified atom stereocenters. The Morgan fingerprint density at radius 3 is 2.54 bits per heavy atom. The highest BCUT2D eigenvalue weighted by molar-refractivity contribution is 5.89. The summed E-state index contributed by atoms with van der Waals surface area (Å²) in [6, 6.07) is 0. The molecule has 4 nitrogen and oxygen atoms in total. The molecule has 1 aliphatic carbocycles. The Labute approximate surface area is 144 Å². The summed E-state index contributed by atoms with van der Waals surface area (Å²) in [5, 5.41) is 22.6. The molecule has 3 aliphatic rings. The summed E-state index contributed by atoms with van der Waals surface area (Å²) in [4.78, 5) is 12.6. The van der Waals surface area contributed by atoms with Crippen molar-refractivity contribution in [2.24, 2.45) is 11.8 Å². The molecule has 0 spiro atoms. The van der Waals surface area contributed by atoms with Crippen molar-refractivity contribution >= 4 is 5.97 Å². The van der Waals surface area contributed by atoms with Gasteiger partial charge in [0.2, 0.25) is 0 Å². The summed E-state index contributed by atoms with van der Waals surface area (Å²) in [7, 11) is 0. The fourth-order valence-electron chi connectivity index (χ4n) is 4.67. The van der Waals surface area contributed by atoms with Crippen LogP contribution in [0.1, 0.15) is 66.2 Å². The zero-order valence-electron chi connectivity index (χ0n) is 15.3. The lowest BCUT2D eigenvalue weighted by atomic mass is 9.70. The van der Waals surface area contributed by atoms with Crippen LogP contribution in [0.25, 0.3) is 0 Å². The zero-order chi connectivity index (χ0) is 17.8. The molecule has 0 aromatic heterocycles. The van der Waals surface area contributed by atoms with Gasteiger partial charge in [0.05, 0.1) is 5.60 Å². The molecule has 0 radical (unpaired) electrons. The van der Waals surface area contributed by atoms with E-state index in [1.54, 1.807) is 6.92 Å². The quantitative estimate of drug-likeness (QED) is 0.570. The van der Waals surface area contributed by atoms with Crippen molar-refractivity contribution in [1.29, 1.82) is 0 Å².